The lowest BCUT2D eigenvalue weighted by Gasteiger charge is -2.05. The third-order valence-electron chi connectivity index (χ3n) is 2.00. The van der Waals surface area contributed by atoms with Gasteiger partial charge in [0.15, 0.2) is 5.16 Å². The van der Waals surface area contributed by atoms with Gasteiger partial charge in [0.2, 0.25) is 0 Å². The number of imidazole rings is 1. The summed E-state index contributed by atoms with van der Waals surface area (Å²) in [7, 11) is 0. The maximum absolute atomic E-state index is 9.15. The average Bonchev–Trinajstić information content (AvgIpc) is 2.81. The fraction of sp³-hybridized carbons (Fsp3) is 0.0909. The Morgan fingerprint density at radius 3 is 2.81 bits per heavy atom. The van der Waals surface area contributed by atoms with Gasteiger partial charge in [-0.2, -0.15) is 5.26 Å². The molecule has 0 saturated heterocycles. The van der Waals surface area contributed by atoms with Gasteiger partial charge in [-0.25, -0.2) is 4.98 Å². The van der Waals surface area contributed by atoms with E-state index in [9.17, 15) is 0 Å². The van der Waals surface area contributed by atoms with Crippen LogP contribution in [0.4, 0.5) is 0 Å². The molecule has 0 saturated carbocycles. The minimum absolute atomic E-state index is 0.719. The minimum Gasteiger partial charge on any atom is -0.339 e. The summed E-state index contributed by atoms with van der Waals surface area (Å²) in [5.41, 5.74) is 0.719. The van der Waals surface area contributed by atoms with E-state index in [1.54, 1.807) is 24.2 Å². The third-order valence-corrected chi connectivity index (χ3v) is 3.76. The molecule has 5 heteroatoms. The highest BCUT2D eigenvalue weighted by molar-refractivity contribution is 7.99. The lowest BCUT2D eigenvalue weighted by atomic mass is 10.2. The van der Waals surface area contributed by atoms with Crippen LogP contribution in [0.1, 0.15) is 5.56 Å². The second-order valence-electron chi connectivity index (χ2n) is 2.94. The Hall–Kier alpha value is -1.38. The largest absolute Gasteiger partial charge is 0.339 e. The van der Waals surface area contributed by atoms with Gasteiger partial charge in [0.1, 0.15) is 6.07 Å². The first-order valence-electron chi connectivity index (χ1n) is 4.59. The fourth-order valence-corrected chi connectivity index (χ4v) is 2.78. The molecule has 3 nitrogen and oxygen atoms in total. The van der Waals surface area contributed by atoms with Gasteiger partial charge in [0, 0.05) is 22.2 Å². The SMILES string of the molecule is CSc1cccc(Sc2ncc[nH]2)c1C#N. The van der Waals surface area contributed by atoms with Gasteiger partial charge in [-0.15, -0.1) is 11.8 Å². The number of aromatic nitrogens is 2. The highest BCUT2D eigenvalue weighted by Gasteiger charge is 2.09. The number of hydrogen-bond acceptors (Lipinski definition) is 4. The molecule has 2 rings (SSSR count). The fourth-order valence-electron chi connectivity index (χ4n) is 1.29. The van der Waals surface area contributed by atoms with Crippen molar-refractivity contribution in [1.82, 2.24) is 9.97 Å². The Kier molecular flexibility index (Phi) is 3.54. The van der Waals surface area contributed by atoms with E-state index >= 15 is 0 Å². The van der Waals surface area contributed by atoms with Crippen LogP contribution in [0.15, 0.2) is 45.5 Å². The molecule has 1 aromatic heterocycles. The van der Waals surface area contributed by atoms with Crippen LogP contribution >= 0.6 is 23.5 Å². The van der Waals surface area contributed by atoms with Crippen LogP contribution in [0.3, 0.4) is 0 Å². The maximum atomic E-state index is 9.15. The number of aromatic amines is 1. The topological polar surface area (TPSA) is 52.5 Å². The lowest BCUT2D eigenvalue weighted by molar-refractivity contribution is 1.05. The van der Waals surface area contributed by atoms with Crippen molar-refractivity contribution in [3.05, 3.63) is 36.2 Å². The smallest absolute Gasteiger partial charge is 0.170 e. The number of H-pyrrole nitrogens is 1. The number of rotatable bonds is 3. The van der Waals surface area contributed by atoms with E-state index in [0.29, 0.717) is 0 Å². The summed E-state index contributed by atoms with van der Waals surface area (Å²) in [4.78, 5) is 9.08. The molecule has 0 unspecified atom stereocenters. The highest BCUT2D eigenvalue weighted by Crippen LogP contribution is 2.32. The third kappa shape index (κ3) is 2.23. The molecular weight excluding hydrogens is 238 g/mol. The van der Waals surface area contributed by atoms with E-state index in [1.807, 2.05) is 24.5 Å². The van der Waals surface area contributed by atoms with Crippen molar-refractivity contribution in [2.45, 2.75) is 14.9 Å². The van der Waals surface area contributed by atoms with E-state index in [1.165, 1.54) is 11.8 Å². The molecule has 0 radical (unpaired) electrons. The zero-order valence-electron chi connectivity index (χ0n) is 8.60. The predicted molar refractivity (Wildman–Crippen MR) is 65.6 cm³/mol. The normalized spacial score (nSPS) is 10.0. The molecule has 0 amide bonds. The summed E-state index contributed by atoms with van der Waals surface area (Å²) in [5.74, 6) is 0. The molecule has 16 heavy (non-hydrogen) atoms. The Labute approximate surface area is 102 Å². The van der Waals surface area contributed by atoms with Gasteiger partial charge in [-0.05, 0) is 18.4 Å². The average molecular weight is 247 g/mol. The Bertz CT molecular complexity index is 515. The predicted octanol–water partition coefficient (Wildman–Crippen LogP) is 3.15. The van der Waals surface area contributed by atoms with Crippen LogP contribution < -0.4 is 0 Å². The van der Waals surface area contributed by atoms with Gasteiger partial charge in [-0.3, -0.25) is 0 Å². The summed E-state index contributed by atoms with van der Waals surface area (Å²) in [5, 5.41) is 9.95. The summed E-state index contributed by atoms with van der Waals surface area (Å²) in [6, 6.07) is 8.09. The molecule has 0 aliphatic rings. The van der Waals surface area contributed by atoms with Crippen molar-refractivity contribution in [3.63, 3.8) is 0 Å². The number of nitrogens with zero attached hydrogens (tertiary/aromatic N) is 2. The second-order valence-corrected chi connectivity index (χ2v) is 4.82. The van der Waals surface area contributed by atoms with Gasteiger partial charge < -0.3 is 4.98 Å². The lowest BCUT2D eigenvalue weighted by Crippen LogP contribution is -1.85. The van der Waals surface area contributed by atoms with Crippen LogP contribution in [-0.4, -0.2) is 16.2 Å². The van der Waals surface area contributed by atoms with Crippen LogP contribution in [0.2, 0.25) is 0 Å². The zero-order chi connectivity index (χ0) is 11.4. The number of hydrogen-bond donors (Lipinski definition) is 1. The molecule has 0 aliphatic heterocycles. The molecule has 1 N–H and O–H groups in total. The standard InChI is InChI=1S/C11H9N3S2/c1-15-9-3-2-4-10(8(9)7-12)16-11-13-5-6-14-11/h2-6H,1H3,(H,13,14). The molecule has 1 aromatic carbocycles. The molecule has 0 fully saturated rings. The first-order chi connectivity index (χ1) is 7.85. The second kappa shape index (κ2) is 5.10. The van der Waals surface area contributed by atoms with Crippen molar-refractivity contribution >= 4 is 23.5 Å². The van der Waals surface area contributed by atoms with E-state index in [2.05, 4.69) is 16.0 Å². The first-order valence-corrected chi connectivity index (χ1v) is 6.63. The van der Waals surface area contributed by atoms with Crippen molar-refractivity contribution < 1.29 is 0 Å². The van der Waals surface area contributed by atoms with Crippen LogP contribution in [0, 0.1) is 11.3 Å². The van der Waals surface area contributed by atoms with E-state index < -0.39 is 0 Å². The molecule has 0 spiro atoms. The summed E-state index contributed by atoms with van der Waals surface area (Å²) < 4.78 is 0. The van der Waals surface area contributed by atoms with Crippen LogP contribution in [0.5, 0.6) is 0 Å². The van der Waals surface area contributed by atoms with Gasteiger partial charge >= 0.3 is 0 Å². The molecule has 2 aromatic rings. The van der Waals surface area contributed by atoms with Crippen molar-refractivity contribution in [2.75, 3.05) is 6.26 Å². The zero-order valence-corrected chi connectivity index (χ0v) is 10.2. The quantitative estimate of drug-likeness (QED) is 0.846. The maximum Gasteiger partial charge on any atom is 0.170 e. The molecule has 0 aliphatic carbocycles. The number of nitrogens with one attached hydrogen (secondary N) is 1. The molecule has 0 atom stereocenters. The molecule has 1 heterocycles. The van der Waals surface area contributed by atoms with E-state index in [0.717, 1.165) is 20.5 Å². The van der Waals surface area contributed by atoms with E-state index in [4.69, 9.17) is 5.26 Å². The molecule has 80 valence electrons. The number of benzene rings is 1. The van der Waals surface area contributed by atoms with Crippen molar-refractivity contribution in [1.29, 1.82) is 5.26 Å². The molecule has 0 bridgehead atoms. The van der Waals surface area contributed by atoms with Crippen molar-refractivity contribution in [2.24, 2.45) is 0 Å². The summed E-state index contributed by atoms with van der Waals surface area (Å²) >= 11 is 3.05. The number of nitriles is 1. The highest BCUT2D eigenvalue weighted by atomic mass is 32.2. The minimum atomic E-state index is 0.719. The van der Waals surface area contributed by atoms with Gasteiger partial charge in [0.25, 0.3) is 0 Å². The van der Waals surface area contributed by atoms with Gasteiger partial charge in [-0.1, -0.05) is 17.8 Å². The molecular formula is C11H9N3S2. The Morgan fingerprint density at radius 1 is 1.38 bits per heavy atom. The van der Waals surface area contributed by atoms with Crippen LogP contribution in [-0.2, 0) is 0 Å². The number of thioether (sulfide) groups is 1. The Balaban J connectivity index is 2.38. The summed E-state index contributed by atoms with van der Waals surface area (Å²) in [6.45, 7) is 0. The monoisotopic (exact) mass is 247 g/mol. The Morgan fingerprint density at radius 2 is 2.19 bits per heavy atom. The van der Waals surface area contributed by atoms with Crippen molar-refractivity contribution in [3.8, 4) is 6.07 Å². The van der Waals surface area contributed by atoms with E-state index in [-0.39, 0.29) is 0 Å². The van der Waals surface area contributed by atoms with Crippen LogP contribution in [0.25, 0.3) is 0 Å². The first kappa shape index (κ1) is 11.1. The summed E-state index contributed by atoms with van der Waals surface area (Å²) in [6.07, 6.45) is 5.44. The van der Waals surface area contributed by atoms with Gasteiger partial charge in [0.05, 0.1) is 5.56 Å².